The van der Waals surface area contributed by atoms with Crippen LogP contribution in [0.4, 0.5) is 4.39 Å². The second-order valence-electron chi connectivity index (χ2n) is 8.23. The third-order valence-corrected chi connectivity index (χ3v) is 5.65. The highest BCUT2D eigenvalue weighted by atomic mass is 35.5. The summed E-state index contributed by atoms with van der Waals surface area (Å²) in [5, 5.41) is 12.6. The molecule has 0 aliphatic rings. The summed E-state index contributed by atoms with van der Waals surface area (Å²) in [5.74, 6) is 0.813. The number of halogens is 2. The standard InChI is InChI=1S/C28H27FN2O4.ClH/c1-19-25(31-27(35-19)22-5-3-2-4-6-22)15-16-34-24-13-9-20(10-14-24)17-26(28(32)33)30-18-21-7-11-23(29)12-8-21;/h2-14,26,30H,15-18H2,1H3,(H,32,33);1H/t26-;/m0./s1. The van der Waals surface area contributed by atoms with E-state index in [2.05, 4.69) is 10.3 Å². The van der Waals surface area contributed by atoms with E-state index >= 15 is 0 Å². The highest BCUT2D eigenvalue weighted by Gasteiger charge is 2.17. The maximum absolute atomic E-state index is 13.0. The van der Waals surface area contributed by atoms with Gasteiger partial charge in [-0.05, 0) is 60.9 Å². The zero-order chi connectivity index (χ0) is 24.6. The smallest absolute Gasteiger partial charge is 0.321 e. The molecule has 0 radical (unpaired) electrons. The normalized spacial score (nSPS) is 11.5. The van der Waals surface area contributed by atoms with Gasteiger partial charge in [-0.15, -0.1) is 12.4 Å². The molecule has 188 valence electrons. The summed E-state index contributed by atoms with van der Waals surface area (Å²) in [7, 11) is 0. The third-order valence-electron chi connectivity index (χ3n) is 5.65. The number of carboxylic acid groups (broad SMARTS) is 1. The summed E-state index contributed by atoms with van der Waals surface area (Å²) < 4.78 is 24.7. The van der Waals surface area contributed by atoms with Crippen LogP contribution in [0.5, 0.6) is 5.75 Å². The number of aryl methyl sites for hydroxylation is 1. The summed E-state index contributed by atoms with van der Waals surface area (Å²) >= 11 is 0. The van der Waals surface area contributed by atoms with E-state index in [0.29, 0.717) is 37.6 Å². The maximum Gasteiger partial charge on any atom is 0.321 e. The number of carbonyl (C=O) groups is 1. The molecule has 0 bridgehead atoms. The van der Waals surface area contributed by atoms with Gasteiger partial charge in [0.25, 0.3) is 0 Å². The average Bonchev–Trinajstić information content (AvgIpc) is 3.24. The second kappa shape index (κ2) is 12.9. The van der Waals surface area contributed by atoms with Crippen LogP contribution in [-0.2, 0) is 24.2 Å². The van der Waals surface area contributed by atoms with Crippen molar-refractivity contribution in [2.45, 2.75) is 32.4 Å². The summed E-state index contributed by atoms with van der Waals surface area (Å²) in [6.45, 7) is 2.68. The highest BCUT2D eigenvalue weighted by Crippen LogP contribution is 2.22. The minimum atomic E-state index is -0.940. The van der Waals surface area contributed by atoms with Crippen molar-refractivity contribution in [3.05, 3.63) is 107 Å². The first-order chi connectivity index (χ1) is 17.0. The molecule has 2 N–H and O–H groups in total. The number of hydrogen-bond acceptors (Lipinski definition) is 5. The van der Waals surface area contributed by atoms with E-state index in [1.807, 2.05) is 61.5 Å². The van der Waals surface area contributed by atoms with E-state index in [-0.39, 0.29) is 18.2 Å². The highest BCUT2D eigenvalue weighted by molar-refractivity contribution is 5.85. The second-order valence-corrected chi connectivity index (χ2v) is 8.23. The zero-order valence-corrected chi connectivity index (χ0v) is 20.6. The lowest BCUT2D eigenvalue weighted by Gasteiger charge is -2.15. The minimum absolute atomic E-state index is 0. The Bertz CT molecular complexity index is 1250. The molecule has 0 saturated carbocycles. The molecule has 3 aromatic carbocycles. The molecule has 1 atom stereocenters. The van der Waals surface area contributed by atoms with Gasteiger partial charge in [0.2, 0.25) is 5.89 Å². The summed E-state index contributed by atoms with van der Waals surface area (Å²) in [4.78, 5) is 16.3. The number of benzene rings is 3. The van der Waals surface area contributed by atoms with E-state index in [1.165, 1.54) is 12.1 Å². The molecule has 36 heavy (non-hydrogen) atoms. The molecule has 4 rings (SSSR count). The number of aliphatic carboxylic acids is 1. The Balaban J connectivity index is 0.00000361. The van der Waals surface area contributed by atoms with Gasteiger partial charge in [-0.25, -0.2) is 9.37 Å². The van der Waals surface area contributed by atoms with E-state index in [1.54, 1.807) is 12.1 Å². The van der Waals surface area contributed by atoms with Crippen LogP contribution >= 0.6 is 12.4 Å². The number of aromatic nitrogens is 1. The average molecular weight is 511 g/mol. The molecule has 0 fully saturated rings. The molecular formula is C28H28ClFN2O4. The van der Waals surface area contributed by atoms with Crippen LogP contribution in [0, 0.1) is 12.7 Å². The molecular weight excluding hydrogens is 483 g/mol. The molecule has 0 unspecified atom stereocenters. The Morgan fingerprint density at radius 3 is 2.36 bits per heavy atom. The summed E-state index contributed by atoms with van der Waals surface area (Å²) in [6, 6.07) is 22.4. The van der Waals surface area contributed by atoms with Gasteiger partial charge in [-0.2, -0.15) is 0 Å². The van der Waals surface area contributed by atoms with Crippen molar-refractivity contribution in [1.82, 2.24) is 10.3 Å². The topological polar surface area (TPSA) is 84.6 Å². The Morgan fingerprint density at radius 2 is 1.69 bits per heavy atom. The fourth-order valence-corrected chi connectivity index (χ4v) is 3.68. The van der Waals surface area contributed by atoms with Crippen molar-refractivity contribution in [2.24, 2.45) is 0 Å². The minimum Gasteiger partial charge on any atom is -0.493 e. The number of nitrogens with zero attached hydrogens (tertiary/aromatic N) is 1. The molecule has 0 aliphatic heterocycles. The van der Waals surface area contributed by atoms with Gasteiger partial charge >= 0.3 is 5.97 Å². The van der Waals surface area contributed by atoms with Crippen LogP contribution in [0.3, 0.4) is 0 Å². The van der Waals surface area contributed by atoms with Crippen molar-refractivity contribution in [3.8, 4) is 17.2 Å². The van der Waals surface area contributed by atoms with Gasteiger partial charge in [-0.3, -0.25) is 4.79 Å². The Labute approximate surface area is 215 Å². The molecule has 1 aromatic heterocycles. The number of nitrogens with one attached hydrogen (secondary N) is 1. The quantitative estimate of drug-likeness (QED) is 0.272. The molecule has 8 heteroatoms. The van der Waals surface area contributed by atoms with Gasteiger partial charge in [-0.1, -0.05) is 42.5 Å². The zero-order valence-electron chi connectivity index (χ0n) is 19.8. The number of carboxylic acids is 1. The molecule has 6 nitrogen and oxygen atoms in total. The van der Waals surface area contributed by atoms with Gasteiger partial charge in [0.05, 0.1) is 12.3 Å². The Hall–Kier alpha value is -3.68. The predicted molar refractivity (Wildman–Crippen MR) is 138 cm³/mol. The molecule has 4 aromatic rings. The third kappa shape index (κ3) is 7.41. The number of rotatable bonds is 11. The molecule has 0 aliphatic carbocycles. The number of ether oxygens (including phenoxy) is 1. The van der Waals surface area contributed by atoms with E-state index in [4.69, 9.17) is 9.15 Å². The van der Waals surface area contributed by atoms with Gasteiger partial charge in [0, 0.05) is 18.5 Å². The lowest BCUT2D eigenvalue weighted by atomic mass is 10.1. The van der Waals surface area contributed by atoms with Crippen molar-refractivity contribution in [1.29, 1.82) is 0 Å². The monoisotopic (exact) mass is 510 g/mol. The first kappa shape index (κ1) is 26.9. The molecule has 1 heterocycles. The van der Waals surface area contributed by atoms with Crippen molar-refractivity contribution in [2.75, 3.05) is 6.61 Å². The number of oxazole rings is 1. The lowest BCUT2D eigenvalue weighted by Crippen LogP contribution is -2.38. The number of hydrogen-bond donors (Lipinski definition) is 2. The van der Waals surface area contributed by atoms with E-state index in [9.17, 15) is 14.3 Å². The van der Waals surface area contributed by atoms with E-state index < -0.39 is 12.0 Å². The van der Waals surface area contributed by atoms with Gasteiger partial charge in [0.15, 0.2) is 0 Å². The lowest BCUT2D eigenvalue weighted by molar-refractivity contribution is -0.139. The van der Waals surface area contributed by atoms with Gasteiger partial charge in [0.1, 0.15) is 23.4 Å². The SMILES string of the molecule is Cc1oc(-c2ccccc2)nc1CCOc1ccc(C[C@H](NCc2ccc(F)cc2)C(=O)O)cc1.Cl. The summed E-state index contributed by atoms with van der Waals surface area (Å²) in [5.41, 5.74) is 3.48. The van der Waals surface area contributed by atoms with Crippen molar-refractivity contribution in [3.63, 3.8) is 0 Å². The van der Waals surface area contributed by atoms with Crippen LogP contribution in [0.25, 0.3) is 11.5 Å². The first-order valence-electron chi connectivity index (χ1n) is 11.4. The molecule has 0 saturated heterocycles. The molecule has 0 spiro atoms. The van der Waals surface area contributed by atoms with Crippen molar-refractivity contribution < 1.29 is 23.4 Å². The van der Waals surface area contributed by atoms with Crippen LogP contribution in [0.2, 0.25) is 0 Å². The van der Waals surface area contributed by atoms with Crippen LogP contribution in [0.15, 0.2) is 83.3 Å². The predicted octanol–water partition coefficient (Wildman–Crippen LogP) is 5.62. The fraction of sp³-hybridized carbons (Fsp3) is 0.214. The largest absolute Gasteiger partial charge is 0.493 e. The van der Waals surface area contributed by atoms with Crippen molar-refractivity contribution >= 4 is 18.4 Å². The van der Waals surface area contributed by atoms with E-state index in [0.717, 1.165) is 28.1 Å². The first-order valence-corrected chi connectivity index (χ1v) is 11.4. The van der Waals surface area contributed by atoms with Gasteiger partial charge < -0.3 is 19.6 Å². The Morgan fingerprint density at radius 1 is 1.03 bits per heavy atom. The van der Waals surface area contributed by atoms with Crippen LogP contribution in [-0.4, -0.2) is 28.7 Å². The Kier molecular flexibility index (Phi) is 9.61. The maximum atomic E-state index is 13.0. The summed E-state index contributed by atoms with van der Waals surface area (Å²) in [6.07, 6.45) is 0.926. The fourth-order valence-electron chi connectivity index (χ4n) is 3.68. The van der Waals surface area contributed by atoms with Crippen LogP contribution in [0.1, 0.15) is 22.6 Å². The molecule has 0 amide bonds. The van der Waals surface area contributed by atoms with Crippen LogP contribution < -0.4 is 10.1 Å².